The molecule has 0 heterocycles. The van der Waals surface area contributed by atoms with Crippen molar-refractivity contribution in [1.29, 1.82) is 0 Å². The number of hydrogen-bond acceptors (Lipinski definition) is 5. The van der Waals surface area contributed by atoms with E-state index in [0.717, 1.165) is 6.07 Å². The van der Waals surface area contributed by atoms with Gasteiger partial charge in [-0.2, -0.15) is 0 Å². The molecule has 21 heavy (non-hydrogen) atoms. The minimum atomic E-state index is -3.81. The largest absolute Gasteiger partial charge is 0.495 e. The van der Waals surface area contributed by atoms with Gasteiger partial charge in [0.2, 0.25) is 10.0 Å². The van der Waals surface area contributed by atoms with Crippen LogP contribution in [0, 0.1) is 5.92 Å². The summed E-state index contributed by atoms with van der Waals surface area (Å²) < 4.78 is 31.8. The van der Waals surface area contributed by atoms with Crippen molar-refractivity contribution in [3.63, 3.8) is 0 Å². The third-order valence-corrected chi connectivity index (χ3v) is 4.41. The highest BCUT2D eigenvalue weighted by Gasteiger charge is 2.21. The molecular weight excluding hydrogens is 298 g/mol. The van der Waals surface area contributed by atoms with Gasteiger partial charge in [-0.05, 0) is 30.5 Å². The van der Waals surface area contributed by atoms with E-state index in [1.165, 1.54) is 19.2 Å². The third-order valence-electron chi connectivity index (χ3n) is 2.94. The molecule has 0 bridgehead atoms. The summed E-state index contributed by atoms with van der Waals surface area (Å²) in [5.74, 6) is -1.21. The monoisotopic (exact) mass is 317 g/mol. The van der Waals surface area contributed by atoms with Crippen LogP contribution in [0.3, 0.4) is 0 Å². The molecule has 0 aromatic heterocycles. The summed E-state index contributed by atoms with van der Waals surface area (Å²) in [6.45, 7) is 1.97. The zero-order chi connectivity index (χ0) is 16.0. The number of methoxy groups -OCH3 is 1. The van der Waals surface area contributed by atoms with Gasteiger partial charge in [-0.25, -0.2) is 17.9 Å². The number of benzene rings is 1. The first-order chi connectivity index (χ1) is 9.81. The van der Waals surface area contributed by atoms with Gasteiger partial charge in [0.05, 0.1) is 12.7 Å². The van der Waals surface area contributed by atoms with Gasteiger partial charge in [0, 0.05) is 13.2 Å². The zero-order valence-electron chi connectivity index (χ0n) is 11.9. The molecule has 1 rings (SSSR count). The van der Waals surface area contributed by atoms with Gasteiger partial charge in [0.1, 0.15) is 10.6 Å². The van der Waals surface area contributed by atoms with Crippen LogP contribution in [0.15, 0.2) is 23.1 Å². The summed E-state index contributed by atoms with van der Waals surface area (Å²) in [6.07, 6.45) is 0.484. The van der Waals surface area contributed by atoms with Gasteiger partial charge in [-0.15, -0.1) is 0 Å². The molecule has 0 aliphatic rings. The van der Waals surface area contributed by atoms with E-state index in [1.807, 2.05) is 6.92 Å². The minimum Gasteiger partial charge on any atom is -0.495 e. The molecule has 7 nitrogen and oxygen atoms in total. The van der Waals surface area contributed by atoms with Crippen LogP contribution in [0.4, 0.5) is 0 Å². The maximum Gasteiger partial charge on any atom is 0.335 e. The van der Waals surface area contributed by atoms with Crippen LogP contribution in [0.5, 0.6) is 5.75 Å². The van der Waals surface area contributed by atoms with Crippen LogP contribution in [0.1, 0.15) is 23.7 Å². The van der Waals surface area contributed by atoms with Gasteiger partial charge in [-0.1, -0.05) is 6.92 Å². The molecule has 0 aliphatic carbocycles. The van der Waals surface area contributed by atoms with Gasteiger partial charge >= 0.3 is 5.97 Å². The normalized spacial score (nSPS) is 12.9. The predicted molar refractivity (Wildman–Crippen MR) is 76.0 cm³/mol. The van der Waals surface area contributed by atoms with Crippen molar-refractivity contribution in [2.75, 3.05) is 20.3 Å². The number of hydrogen-bond donors (Lipinski definition) is 3. The van der Waals surface area contributed by atoms with Crippen LogP contribution in [0.25, 0.3) is 0 Å². The van der Waals surface area contributed by atoms with Gasteiger partial charge in [0.15, 0.2) is 0 Å². The standard InChI is InChI=1S/C13H19NO6S/c1-9(5-6-15)8-14-21(18,19)12-4-3-10(13(16)17)7-11(12)20-2/h3-4,7,9,14-15H,5-6,8H2,1-2H3,(H,16,17). The molecule has 0 spiro atoms. The molecule has 3 N–H and O–H groups in total. The second kappa shape index (κ2) is 7.39. The third kappa shape index (κ3) is 4.69. The number of nitrogens with one attached hydrogen (secondary N) is 1. The van der Waals surface area contributed by atoms with Gasteiger partial charge in [-0.3, -0.25) is 0 Å². The quantitative estimate of drug-likeness (QED) is 0.650. The average Bonchev–Trinajstić information content (AvgIpc) is 2.44. The van der Waals surface area contributed by atoms with Crippen LogP contribution >= 0.6 is 0 Å². The Hall–Kier alpha value is -1.64. The molecule has 118 valence electrons. The fourth-order valence-electron chi connectivity index (χ4n) is 1.67. The van der Waals surface area contributed by atoms with Gasteiger partial charge in [0.25, 0.3) is 0 Å². The molecule has 0 saturated heterocycles. The molecular formula is C13H19NO6S. The number of carboxylic acid groups (broad SMARTS) is 1. The van der Waals surface area contributed by atoms with Crippen LogP contribution in [-0.2, 0) is 10.0 Å². The maximum atomic E-state index is 12.2. The Labute approximate surface area is 123 Å². The predicted octanol–water partition coefficient (Wildman–Crippen LogP) is 0.690. The Balaban J connectivity index is 3.00. The number of rotatable bonds is 8. The number of ether oxygens (including phenoxy) is 1. The summed E-state index contributed by atoms with van der Waals surface area (Å²) in [5.41, 5.74) is -0.0561. The highest BCUT2D eigenvalue weighted by atomic mass is 32.2. The lowest BCUT2D eigenvalue weighted by molar-refractivity contribution is 0.0696. The van der Waals surface area contributed by atoms with E-state index in [2.05, 4.69) is 4.72 Å². The van der Waals surface area contributed by atoms with E-state index in [9.17, 15) is 13.2 Å². The minimum absolute atomic E-state index is 0.0144. The maximum absolute atomic E-state index is 12.2. The van der Waals surface area contributed by atoms with E-state index in [1.54, 1.807) is 0 Å². The fraction of sp³-hybridized carbons (Fsp3) is 0.462. The van der Waals surface area contributed by atoms with Crippen molar-refractivity contribution in [1.82, 2.24) is 4.72 Å². The van der Waals surface area contributed by atoms with Crippen LogP contribution < -0.4 is 9.46 Å². The lowest BCUT2D eigenvalue weighted by atomic mass is 10.1. The van der Waals surface area contributed by atoms with E-state index < -0.39 is 16.0 Å². The molecule has 1 unspecified atom stereocenters. The Kier molecular flexibility index (Phi) is 6.13. The van der Waals surface area contributed by atoms with E-state index in [-0.39, 0.29) is 35.3 Å². The zero-order valence-corrected chi connectivity index (χ0v) is 12.7. The van der Waals surface area contributed by atoms with E-state index in [0.29, 0.717) is 6.42 Å². The van der Waals surface area contributed by atoms with E-state index >= 15 is 0 Å². The average molecular weight is 317 g/mol. The Morgan fingerprint density at radius 2 is 2.10 bits per heavy atom. The summed E-state index contributed by atoms with van der Waals surface area (Å²) >= 11 is 0. The second-order valence-corrected chi connectivity index (χ2v) is 6.38. The van der Waals surface area contributed by atoms with Crippen molar-refractivity contribution in [2.45, 2.75) is 18.2 Å². The van der Waals surface area contributed by atoms with Crippen LogP contribution in [0.2, 0.25) is 0 Å². The lowest BCUT2D eigenvalue weighted by Gasteiger charge is -2.14. The molecule has 0 fully saturated rings. The topological polar surface area (TPSA) is 113 Å². The highest BCUT2D eigenvalue weighted by molar-refractivity contribution is 7.89. The Bertz CT molecular complexity index is 599. The van der Waals surface area contributed by atoms with Gasteiger partial charge < -0.3 is 14.9 Å². The molecule has 0 saturated carbocycles. The van der Waals surface area contributed by atoms with Crippen molar-refractivity contribution in [3.8, 4) is 5.75 Å². The molecule has 1 aromatic carbocycles. The van der Waals surface area contributed by atoms with Crippen LogP contribution in [-0.4, -0.2) is 44.9 Å². The molecule has 0 radical (unpaired) electrons. The molecule has 1 atom stereocenters. The molecule has 1 aromatic rings. The summed E-state index contributed by atoms with van der Waals surface area (Å²) in [6, 6.07) is 3.56. The summed E-state index contributed by atoms with van der Waals surface area (Å²) in [7, 11) is -2.54. The second-order valence-electron chi connectivity index (χ2n) is 4.64. The Morgan fingerprint density at radius 3 is 2.62 bits per heavy atom. The summed E-state index contributed by atoms with van der Waals surface area (Å²) in [5, 5.41) is 17.7. The highest BCUT2D eigenvalue weighted by Crippen LogP contribution is 2.25. The number of aliphatic hydroxyl groups is 1. The Morgan fingerprint density at radius 1 is 1.43 bits per heavy atom. The number of aromatic carboxylic acids is 1. The summed E-state index contributed by atoms with van der Waals surface area (Å²) in [4.78, 5) is 10.8. The van der Waals surface area contributed by atoms with E-state index in [4.69, 9.17) is 14.9 Å². The van der Waals surface area contributed by atoms with Crippen molar-refractivity contribution >= 4 is 16.0 Å². The van der Waals surface area contributed by atoms with Crippen molar-refractivity contribution in [3.05, 3.63) is 23.8 Å². The fourth-order valence-corrected chi connectivity index (χ4v) is 2.99. The SMILES string of the molecule is COc1cc(C(=O)O)ccc1S(=O)(=O)NCC(C)CCO. The first-order valence-electron chi connectivity index (χ1n) is 6.33. The molecule has 0 aliphatic heterocycles. The molecule has 0 amide bonds. The lowest BCUT2D eigenvalue weighted by Crippen LogP contribution is -2.29. The molecule has 8 heteroatoms. The first kappa shape index (κ1) is 17.4. The van der Waals surface area contributed by atoms with Crippen molar-refractivity contribution in [2.24, 2.45) is 5.92 Å². The van der Waals surface area contributed by atoms with Crippen molar-refractivity contribution < 1.29 is 28.2 Å². The number of aliphatic hydroxyl groups excluding tert-OH is 1. The first-order valence-corrected chi connectivity index (χ1v) is 7.82. The number of carbonyl (C=O) groups is 1. The number of sulfonamides is 1. The number of carboxylic acids is 1. The smallest absolute Gasteiger partial charge is 0.335 e.